The Bertz CT molecular complexity index is 280. The average molecular weight is 196 g/mol. The standard InChI is InChI=1S/C10H13FOSi/c1-10(2,3)12-13-9-6-4-5-8(11)7-9/h4-7H,1-3H3. The molecule has 0 fully saturated rings. The highest BCUT2D eigenvalue weighted by molar-refractivity contribution is 6.46. The molecule has 1 aromatic rings. The highest BCUT2D eigenvalue weighted by Gasteiger charge is 2.10. The molecule has 0 amide bonds. The first kappa shape index (κ1) is 10.4. The lowest BCUT2D eigenvalue weighted by molar-refractivity contribution is 0.142. The smallest absolute Gasteiger partial charge is 0.269 e. The molecule has 1 rings (SSSR count). The number of halogens is 1. The van der Waals surface area contributed by atoms with Crippen molar-refractivity contribution in [1.82, 2.24) is 0 Å². The van der Waals surface area contributed by atoms with E-state index in [-0.39, 0.29) is 21.2 Å². The largest absolute Gasteiger partial charge is 0.407 e. The van der Waals surface area contributed by atoms with Crippen LogP contribution >= 0.6 is 0 Å². The molecule has 0 atom stereocenters. The van der Waals surface area contributed by atoms with Crippen molar-refractivity contribution < 1.29 is 8.82 Å². The zero-order valence-corrected chi connectivity index (χ0v) is 9.10. The summed E-state index contributed by atoms with van der Waals surface area (Å²) in [5.74, 6) is -0.206. The Kier molecular flexibility index (Phi) is 3.22. The van der Waals surface area contributed by atoms with Crippen molar-refractivity contribution in [2.45, 2.75) is 26.4 Å². The van der Waals surface area contributed by atoms with Crippen molar-refractivity contribution >= 4 is 14.9 Å². The van der Waals surface area contributed by atoms with Crippen LogP contribution in [0.15, 0.2) is 24.3 Å². The lowest BCUT2D eigenvalue weighted by Gasteiger charge is -2.18. The number of hydrogen-bond acceptors (Lipinski definition) is 1. The highest BCUT2D eigenvalue weighted by Crippen LogP contribution is 2.04. The van der Waals surface area contributed by atoms with Crippen molar-refractivity contribution in [3.8, 4) is 0 Å². The van der Waals surface area contributed by atoms with Crippen LogP contribution in [0.4, 0.5) is 4.39 Å². The maximum Gasteiger partial charge on any atom is 0.269 e. The molecule has 70 valence electrons. The number of hydrogen-bond donors (Lipinski definition) is 0. The van der Waals surface area contributed by atoms with Crippen LogP contribution in [0.2, 0.25) is 0 Å². The second-order valence-corrected chi connectivity index (χ2v) is 4.81. The van der Waals surface area contributed by atoms with E-state index in [4.69, 9.17) is 4.43 Å². The maximum absolute atomic E-state index is 12.7. The summed E-state index contributed by atoms with van der Waals surface area (Å²) in [6, 6.07) is 6.51. The second-order valence-electron chi connectivity index (χ2n) is 3.83. The van der Waals surface area contributed by atoms with Gasteiger partial charge in [-0.3, -0.25) is 0 Å². The van der Waals surface area contributed by atoms with Gasteiger partial charge >= 0.3 is 0 Å². The van der Waals surface area contributed by atoms with E-state index >= 15 is 0 Å². The Balaban J connectivity index is 2.55. The van der Waals surface area contributed by atoms with Gasteiger partial charge in [-0.25, -0.2) is 4.39 Å². The molecule has 2 radical (unpaired) electrons. The topological polar surface area (TPSA) is 9.23 Å². The van der Waals surface area contributed by atoms with Crippen LogP contribution < -0.4 is 5.19 Å². The zero-order chi connectivity index (χ0) is 9.90. The van der Waals surface area contributed by atoms with Gasteiger partial charge in [0.05, 0.1) is 0 Å². The number of benzene rings is 1. The fraction of sp³-hybridized carbons (Fsp3) is 0.400. The van der Waals surface area contributed by atoms with Gasteiger partial charge in [0, 0.05) is 5.60 Å². The van der Waals surface area contributed by atoms with Gasteiger partial charge in [0.2, 0.25) is 0 Å². The highest BCUT2D eigenvalue weighted by atomic mass is 28.2. The molecule has 0 unspecified atom stereocenters. The predicted octanol–water partition coefficient (Wildman–Crippen LogP) is 1.89. The maximum atomic E-state index is 12.7. The Morgan fingerprint density at radius 2 is 2.00 bits per heavy atom. The summed E-state index contributed by atoms with van der Waals surface area (Å²) < 4.78 is 18.3. The van der Waals surface area contributed by atoms with E-state index in [1.165, 1.54) is 12.1 Å². The molecule has 0 saturated carbocycles. The summed E-state index contributed by atoms with van der Waals surface area (Å²) >= 11 is 0. The third-order valence-electron chi connectivity index (χ3n) is 1.30. The molecule has 0 aromatic heterocycles. The Morgan fingerprint density at radius 3 is 2.54 bits per heavy atom. The van der Waals surface area contributed by atoms with E-state index in [9.17, 15) is 4.39 Å². The predicted molar refractivity (Wildman–Crippen MR) is 52.6 cm³/mol. The molecule has 0 N–H and O–H groups in total. The number of rotatable bonds is 2. The van der Waals surface area contributed by atoms with E-state index in [0.29, 0.717) is 0 Å². The van der Waals surface area contributed by atoms with Gasteiger partial charge in [-0.2, -0.15) is 0 Å². The quantitative estimate of drug-likeness (QED) is 0.656. The first-order chi connectivity index (χ1) is 5.97. The van der Waals surface area contributed by atoms with E-state index in [0.717, 1.165) is 5.19 Å². The summed E-state index contributed by atoms with van der Waals surface area (Å²) in [5.41, 5.74) is -0.162. The van der Waals surface area contributed by atoms with Gasteiger partial charge < -0.3 is 4.43 Å². The SMILES string of the molecule is CC(C)(C)O[Si]c1cccc(F)c1. The van der Waals surface area contributed by atoms with E-state index in [1.54, 1.807) is 6.07 Å². The van der Waals surface area contributed by atoms with Gasteiger partial charge in [0.25, 0.3) is 9.76 Å². The minimum absolute atomic E-state index is 0.162. The Hall–Kier alpha value is -0.673. The van der Waals surface area contributed by atoms with Crippen LogP contribution in [0.1, 0.15) is 20.8 Å². The van der Waals surface area contributed by atoms with Crippen LogP contribution in [0, 0.1) is 5.82 Å². The average Bonchev–Trinajstić information content (AvgIpc) is 2.00. The van der Waals surface area contributed by atoms with Crippen molar-refractivity contribution in [3.63, 3.8) is 0 Å². The summed E-state index contributed by atoms with van der Waals surface area (Å²) in [6.45, 7) is 5.96. The Labute approximate surface area is 80.9 Å². The van der Waals surface area contributed by atoms with E-state index in [2.05, 4.69) is 0 Å². The molecule has 0 bridgehead atoms. The van der Waals surface area contributed by atoms with Gasteiger partial charge in [0.15, 0.2) is 0 Å². The van der Waals surface area contributed by atoms with Crippen molar-refractivity contribution in [3.05, 3.63) is 30.1 Å². The normalized spacial score (nSPS) is 11.7. The summed E-state index contributed by atoms with van der Waals surface area (Å²) in [7, 11) is 0.212. The van der Waals surface area contributed by atoms with Crippen LogP contribution in [-0.2, 0) is 4.43 Å². The molecule has 0 aliphatic rings. The van der Waals surface area contributed by atoms with E-state index in [1.807, 2.05) is 26.8 Å². The summed E-state index contributed by atoms with van der Waals surface area (Å²) in [4.78, 5) is 0. The third kappa shape index (κ3) is 4.19. The molecular weight excluding hydrogens is 183 g/mol. The molecular formula is C10H13FOSi. The van der Waals surface area contributed by atoms with Crippen LogP contribution in [0.5, 0.6) is 0 Å². The fourth-order valence-corrected chi connectivity index (χ4v) is 1.55. The van der Waals surface area contributed by atoms with Gasteiger partial charge in [-0.15, -0.1) is 0 Å². The molecule has 0 saturated heterocycles. The fourth-order valence-electron chi connectivity index (χ4n) is 0.764. The first-order valence-corrected chi connectivity index (χ1v) is 5.08. The molecule has 1 aromatic carbocycles. The third-order valence-corrected chi connectivity index (χ3v) is 2.56. The lowest BCUT2D eigenvalue weighted by atomic mass is 10.2. The summed E-state index contributed by atoms with van der Waals surface area (Å²) in [5, 5.41) is 0.898. The minimum Gasteiger partial charge on any atom is -0.407 e. The van der Waals surface area contributed by atoms with Crippen LogP contribution in [0.3, 0.4) is 0 Å². The summed E-state index contributed by atoms with van der Waals surface area (Å²) in [6.07, 6.45) is 0. The molecule has 0 heterocycles. The van der Waals surface area contributed by atoms with Gasteiger partial charge in [-0.1, -0.05) is 12.1 Å². The van der Waals surface area contributed by atoms with Crippen molar-refractivity contribution in [2.75, 3.05) is 0 Å². The molecule has 13 heavy (non-hydrogen) atoms. The molecule has 0 spiro atoms. The molecule has 0 aliphatic carbocycles. The van der Waals surface area contributed by atoms with E-state index < -0.39 is 0 Å². The van der Waals surface area contributed by atoms with Gasteiger partial charge in [-0.05, 0) is 38.1 Å². The Morgan fingerprint density at radius 1 is 1.31 bits per heavy atom. The zero-order valence-electron chi connectivity index (χ0n) is 8.10. The lowest BCUT2D eigenvalue weighted by Crippen LogP contribution is -2.28. The molecule has 1 nitrogen and oxygen atoms in total. The van der Waals surface area contributed by atoms with Crippen molar-refractivity contribution in [2.24, 2.45) is 0 Å². The van der Waals surface area contributed by atoms with Gasteiger partial charge in [0.1, 0.15) is 5.82 Å². The minimum atomic E-state index is -0.206. The van der Waals surface area contributed by atoms with Crippen LogP contribution in [-0.4, -0.2) is 15.4 Å². The molecule has 3 heteroatoms. The first-order valence-electron chi connectivity index (χ1n) is 4.17. The van der Waals surface area contributed by atoms with Crippen molar-refractivity contribution in [1.29, 1.82) is 0 Å². The van der Waals surface area contributed by atoms with Crippen LogP contribution in [0.25, 0.3) is 0 Å². The second kappa shape index (κ2) is 4.02. The molecule has 0 aliphatic heterocycles. The monoisotopic (exact) mass is 196 g/mol.